The van der Waals surface area contributed by atoms with Crippen LogP contribution in [0.4, 0.5) is 0 Å². The van der Waals surface area contributed by atoms with Gasteiger partial charge in [-0.05, 0) is 43.0 Å². The third-order valence-corrected chi connectivity index (χ3v) is 4.29. The topological polar surface area (TPSA) is 60.6 Å². The van der Waals surface area contributed by atoms with Crippen molar-refractivity contribution in [3.63, 3.8) is 0 Å². The third-order valence-electron chi connectivity index (χ3n) is 4.29. The predicted molar refractivity (Wildman–Crippen MR) is 83.1 cm³/mol. The maximum atomic E-state index is 12.2. The molecule has 5 heteroatoms. The number of aromatic nitrogens is 1. The van der Waals surface area contributed by atoms with Crippen molar-refractivity contribution >= 4 is 16.9 Å². The van der Waals surface area contributed by atoms with Crippen LogP contribution in [-0.4, -0.2) is 37.4 Å². The van der Waals surface area contributed by atoms with Crippen molar-refractivity contribution in [2.75, 3.05) is 14.2 Å². The SMILES string of the molecule is COc1ccc2[nH]cc(CC(=O)O[C@H]3CCC[C@@H]3OC)c2c1. The molecule has 5 nitrogen and oxygen atoms in total. The highest BCUT2D eigenvalue weighted by atomic mass is 16.6. The largest absolute Gasteiger partial charge is 0.497 e. The lowest BCUT2D eigenvalue weighted by Crippen LogP contribution is -2.28. The van der Waals surface area contributed by atoms with E-state index in [1.807, 2.05) is 24.4 Å². The number of hydrogen-bond acceptors (Lipinski definition) is 4. The fourth-order valence-corrected chi connectivity index (χ4v) is 3.09. The second kappa shape index (κ2) is 6.40. The summed E-state index contributed by atoms with van der Waals surface area (Å²) in [5, 5.41) is 0.992. The highest BCUT2D eigenvalue weighted by Crippen LogP contribution is 2.27. The van der Waals surface area contributed by atoms with Crippen LogP contribution in [0, 0.1) is 0 Å². The Bertz CT molecular complexity index is 664. The molecule has 1 aliphatic carbocycles. The van der Waals surface area contributed by atoms with Crippen molar-refractivity contribution in [3.05, 3.63) is 30.0 Å². The number of esters is 1. The van der Waals surface area contributed by atoms with Crippen molar-refractivity contribution < 1.29 is 19.0 Å². The van der Waals surface area contributed by atoms with Crippen LogP contribution in [0.15, 0.2) is 24.4 Å². The van der Waals surface area contributed by atoms with E-state index >= 15 is 0 Å². The Kier molecular flexibility index (Phi) is 4.34. The fourth-order valence-electron chi connectivity index (χ4n) is 3.09. The van der Waals surface area contributed by atoms with Gasteiger partial charge in [0.05, 0.1) is 19.6 Å². The van der Waals surface area contributed by atoms with E-state index in [1.54, 1.807) is 14.2 Å². The molecule has 2 atom stereocenters. The van der Waals surface area contributed by atoms with Gasteiger partial charge in [-0.25, -0.2) is 0 Å². The molecule has 1 aromatic heterocycles. The van der Waals surface area contributed by atoms with Gasteiger partial charge in [0.25, 0.3) is 0 Å². The summed E-state index contributed by atoms with van der Waals surface area (Å²) in [6.07, 6.45) is 4.91. The number of ether oxygens (including phenoxy) is 3. The molecule has 22 heavy (non-hydrogen) atoms. The van der Waals surface area contributed by atoms with E-state index in [-0.39, 0.29) is 24.6 Å². The average Bonchev–Trinajstić information content (AvgIpc) is 3.13. The van der Waals surface area contributed by atoms with E-state index in [9.17, 15) is 4.79 Å². The zero-order valence-corrected chi connectivity index (χ0v) is 12.9. The standard InChI is InChI=1S/C17H21NO4/c1-20-12-6-7-14-13(9-12)11(10-18-14)8-17(19)22-16-5-3-4-15(16)21-2/h6-7,9-10,15-16,18H,3-5,8H2,1-2H3/t15-,16-/m0/s1. The Morgan fingerprint density at radius 3 is 2.86 bits per heavy atom. The molecule has 118 valence electrons. The van der Waals surface area contributed by atoms with Gasteiger partial charge in [-0.2, -0.15) is 0 Å². The second-order valence-corrected chi connectivity index (χ2v) is 5.64. The molecule has 1 fully saturated rings. The van der Waals surface area contributed by atoms with Gasteiger partial charge in [0.15, 0.2) is 0 Å². The van der Waals surface area contributed by atoms with Gasteiger partial charge in [0.1, 0.15) is 11.9 Å². The van der Waals surface area contributed by atoms with Crippen LogP contribution in [0.5, 0.6) is 5.75 Å². The summed E-state index contributed by atoms with van der Waals surface area (Å²) in [5.41, 5.74) is 1.91. The van der Waals surface area contributed by atoms with Crippen LogP contribution >= 0.6 is 0 Å². The quantitative estimate of drug-likeness (QED) is 0.863. The number of rotatable bonds is 5. The Balaban J connectivity index is 1.71. The first-order valence-corrected chi connectivity index (χ1v) is 7.57. The number of nitrogens with one attached hydrogen (secondary N) is 1. The van der Waals surface area contributed by atoms with E-state index in [4.69, 9.17) is 14.2 Å². The molecule has 0 radical (unpaired) electrons. The summed E-state index contributed by atoms with van der Waals surface area (Å²) >= 11 is 0. The summed E-state index contributed by atoms with van der Waals surface area (Å²) in [7, 11) is 3.30. The Hall–Kier alpha value is -2.01. The highest BCUT2D eigenvalue weighted by Gasteiger charge is 2.30. The van der Waals surface area contributed by atoms with Gasteiger partial charge in [-0.3, -0.25) is 4.79 Å². The summed E-state index contributed by atoms with van der Waals surface area (Å²) in [6, 6.07) is 5.77. The first kappa shape index (κ1) is 14.9. The molecule has 0 unspecified atom stereocenters. The summed E-state index contributed by atoms with van der Waals surface area (Å²) in [4.78, 5) is 15.4. The number of hydrogen-bond donors (Lipinski definition) is 1. The molecule has 0 amide bonds. The van der Waals surface area contributed by atoms with Crippen LogP contribution in [-0.2, 0) is 20.7 Å². The fraction of sp³-hybridized carbons (Fsp3) is 0.471. The Labute approximate surface area is 129 Å². The van der Waals surface area contributed by atoms with Crippen LogP contribution in [0.3, 0.4) is 0 Å². The smallest absolute Gasteiger partial charge is 0.310 e. The molecule has 2 aromatic rings. The zero-order chi connectivity index (χ0) is 15.5. The number of aromatic amines is 1. The van der Waals surface area contributed by atoms with Crippen LogP contribution in [0.1, 0.15) is 24.8 Å². The summed E-state index contributed by atoms with van der Waals surface area (Å²) < 4.78 is 16.2. The molecular weight excluding hydrogens is 282 g/mol. The first-order valence-electron chi connectivity index (χ1n) is 7.57. The van der Waals surface area contributed by atoms with Crippen LogP contribution in [0.2, 0.25) is 0 Å². The monoisotopic (exact) mass is 303 g/mol. The molecule has 0 spiro atoms. The van der Waals surface area contributed by atoms with Gasteiger partial charge >= 0.3 is 5.97 Å². The second-order valence-electron chi connectivity index (χ2n) is 5.64. The lowest BCUT2D eigenvalue weighted by Gasteiger charge is -2.18. The number of benzene rings is 1. The van der Waals surface area contributed by atoms with Crippen molar-refractivity contribution in [2.24, 2.45) is 0 Å². The molecule has 1 aliphatic rings. The molecule has 1 aromatic carbocycles. The lowest BCUT2D eigenvalue weighted by molar-refractivity contribution is -0.153. The third kappa shape index (κ3) is 2.95. The summed E-state index contributed by atoms with van der Waals surface area (Å²) in [6.45, 7) is 0. The average molecular weight is 303 g/mol. The Morgan fingerprint density at radius 2 is 2.09 bits per heavy atom. The molecule has 1 N–H and O–H groups in total. The van der Waals surface area contributed by atoms with Gasteiger partial charge in [-0.1, -0.05) is 0 Å². The Morgan fingerprint density at radius 1 is 1.27 bits per heavy atom. The van der Waals surface area contributed by atoms with Gasteiger partial charge < -0.3 is 19.2 Å². The molecule has 3 rings (SSSR count). The maximum absolute atomic E-state index is 12.2. The molecule has 1 saturated carbocycles. The highest BCUT2D eigenvalue weighted by molar-refractivity contribution is 5.88. The van der Waals surface area contributed by atoms with E-state index in [2.05, 4.69) is 4.98 Å². The van der Waals surface area contributed by atoms with E-state index < -0.39 is 0 Å². The number of H-pyrrole nitrogens is 1. The first-order chi connectivity index (χ1) is 10.7. The van der Waals surface area contributed by atoms with Crippen LogP contribution in [0.25, 0.3) is 10.9 Å². The number of carbonyl (C=O) groups excluding carboxylic acids is 1. The zero-order valence-electron chi connectivity index (χ0n) is 12.9. The van der Waals surface area contributed by atoms with Crippen molar-refractivity contribution in [2.45, 2.75) is 37.9 Å². The maximum Gasteiger partial charge on any atom is 0.310 e. The number of methoxy groups -OCH3 is 2. The van der Waals surface area contributed by atoms with E-state index in [0.29, 0.717) is 0 Å². The number of fused-ring (bicyclic) bond motifs is 1. The van der Waals surface area contributed by atoms with Gasteiger partial charge in [-0.15, -0.1) is 0 Å². The van der Waals surface area contributed by atoms with Crippen molar-refractivity contribution in [1.29, 1.82) is 0 Å². The predicted octanol–water partition coefficient (Wildman–Crippen LogP) is 2.83. The number of carbonyl (C=O) groups is 1. The lowest BCUT2D eigenvalue weighted by atomic mass is 10.1. The van der Waals surface area contributed by atoms with Gasteiger partial charge in [0.2, 0.25) is 0 Å². The van der Waals surface area contributed by atoms with Crippen molar-refractivity contribution in [3.8, 4) is 5.75 Å². The molecule has 0 bridgehead atoms. The van der Waals surface area contributed by atoms with E-state index in [1.165, 1.54) is 0 Å². The molecule has 1 heterocycles. The van der Waals surface area contributed by atoms with Crippen molar-refractivity contribution in [1.82, 2.24) is 4.98 Å². The minimum Gasteiger partial charge on any atom is -0.497 e. The minimum atomic E-state index is -0.210. The normalized spacial score (nSPS) is 21.2. The van der Waals surface area contributed by atoms with E-state index in [0.717, 1.165) is 41.5 Å². The molecule has 0 saturated heterocycles. The molecular formula is C17H21NO4. The molecule has 0 aliphatic heterocycles. The van der Waals surface area contributed by atoms with Gasteiger partial charge in [0, 0.05) is 24.2 Å². The summed E-state index contributed by atoms with van der Waals surface area (Å²) in [5.74, 6) is 0.564. The van der Waals surface area contributed by atoms with Crippen LogP contribution < -0.4 is 4.74 Å². The minimum absolute atomic E-state index is 0.0343.